The number of halogens is 1. The summed E-state index contributed by atoms with van der Waals surface area (Å²) in [6, 6.07) is 8.07. The summed E-state index contributed by atoms with van der Waals surface area (Å²) in [6.45, 7) is 5.65. The van der Waals surface area contributed by atoms with Crippen molar-refractivity contribution in [3.05, 3.63) is 40.0 Å². The van der Waals surface area contributed by atoms with Gasteiger partial charge in [0.05, 0.1) is 6.10 Å². The number of hydrogen-bond donors (Lipinski definition) is 2. The molecule has 0 aliphatic carbocycles. The van der Waals surface area contributed by atoms with Gasteiger partial charge in [-0.15, -0.1) is 0 Å². The number of hydrogen-bond acceptors (Lipinski definition) is 5. The van der Waals surface area contributed by atoms with Crippen molar-refractivity contribution in [2.24, 2.45) is 0 Å². The molecule has 1 aliphatic heterocycles. The molecule has 3 rings (SSSR count). The summed E-state index contributed by atoms with van der Waals surface area (Å²) in [6.07, 6.45) is 2.50. The Balaban J connectivity index is 1.71. The lowest BCUT2D eigenvalue weighted by atomic mass is 10.2. The first kappa shape index (κ1) is 16.2. The molecule has 1 atom stereocenters. The second kappa shape index (κ2) is 7.27. The Morgan fingerprint density at radius 2 is 2.13 bits per heavy atom. The Morgan fingerprint density at radius 1 is 1.26 bits per heavy atom. The largest absolute Gasteiger partial charge is 0.376 e. The fraction of sp³-hybridized carbons (Fsp3) is 0.412. The van der Waals surface area contributed by atoms with Gasteiger partial charge >= 0.3 is 0 Å². The summed E-state index contributed by atoms with van der Waals surface area (Å²) >= 11 is 3.48. The average molecular weight is 377 g/mol. The van der Waals surface area contributed by atoms with Crippen molar-refractivity contribution in [3.63, 3.8) is 0 Å². The second-order valence-electron chi connectivity index (χ2n) is 5.82. The smallest absolute Gasteiger partial charge is 0.224 e. The molecule has 2 heterocycles. The van der Waals surface area contributed by atoms with Crippen LogP contribution in [0.3, 0.4) is 0 Å². The number of rotatable bonds is 5. The van der Waals surface area contributed by atoms with Crippen LogP contribution in [0.15, 0.2) is 28.7 Å². The number of benzene rings is 1. The molecule has 1 fully saturated rings. The zero-order valence-electron chi connectivity index (χ0n) is 13.4. The van der Waals surface area contributed by atoms with Crippen LogP contribution in [-0.4, -0.2) is 29.2 Å². The van der Waals surface area contributed by atoms with Crippen molar-refractivity contribution in [1.82, 2.24) is 9.97 Å². The molecule has 1 saturated heterocycles. The quantitative estimate of drug-likeness (QED) is 0.818. The topological polar surface area (TPSA) is 59.1 Å². The van der Waals surface area contributed by atoms with Gasteiger partial charge in [-0.2, -0.15) is 4.98 Å². The molecule has 1 unspecified atom stereocenters. The van der Waals surface area contributed by atoms with E-state index in [1.54, 1.807) is 0 Å². The molecule has 0 spiro atoms. The minimum absolute atomic E-state index is 0.268. The lowest BCUT2D eigenvalue weighted by molar-refractivity contribution is 0.120. The van der Waals surface area contributed by atoms with E-state index in [4.69, 9.17) is 4.74 Å². The standard InChI is InChI=1S/C17H21BrN4O/c1-11-8-13(18)5-6-15(11)21-16-9-12(2)20-17(22-16)19-10-14-4-3-7-23-14/h5-6,8-9,14H,3-4,7,10H2,1-2H3,(H2,19,20,21,22). The highest BCUT2D eigenvalue weighted by Gasteiger charge is 2.15. The first-order valence-electron chi connectivity index (χ1n) is 7.84. The van der Waals surface area contributed by atoms with Crippen molar-refractivity contribution < 1.29 is 4.74 Å². The molecule has 5 nitrogen and oxygen atoms in total. The van der Waals surface area contributed by atoms with Gasteiger partial charge in [-0.25, -0.2) is 4.98 Å². The number of aromatic nitrogens is 2. The Kier molecular flexibility index (Phi) is 5.13. The number of aryl methyl sites for hydroxylation is 2. The number of nitrogens with one attached hydrogen (secondary N) is 2. The molecule has 1 aliphatic rings. The summed E-state index contributed by atoms with van der Waals surface area (Å²) in [5, 5.41) is 6.65. The molecule has 0 bridgehead atoms. The third-order valence-electron chi connectivity index (χ3n) is 3.82. The number of nitrogens with zero attached hydrogens (tertiary/aromatic N) is 2. The first-order chi connectivity index (χ1) is 11.1. The van der Waals surface area contributed by atoms with Crippen molar-refractivity contribution >= 4 is 33.4 Å². The van der Waals surface area contributed by atoms with Gasteiger partial charge < -0.3 is 15.4 Å². The molecule has 2 N–H and O–H groups in total. The molecular weight excluding hydrogens is 356 g/mol. The minimum Gasteiger partial charge on any atom is -0.376 e. The van der Waals surface area contributed by atoms with Crippen molar-refractivity contribution in [2.75, 3.05) is 23.8 Å². The van der Waals surface area contributed by atoms with Crippen molar-refractivity contribution in [3.8, 4) is 0 Å². The molecule has 1 aromatic heterocycles. The highest BCUT2D eigenvalue weighted by Crippen LogP contribution is 2.23. The predicted molar refractivity (Wildman–Crippen MR) is 96.4 cm³/mol. The summed E-state index contributed by atoms with van der Waals surface area (Å²) in [4.78, 5) is 9.00. The molecule has 122 valence electrons. The molecule has 1 aromatic carbocycles. The van der Waals surface area contributed by atoms with Crippen LogP contribution in [0.1, 0.15) is 24.1 Å². The van der Waals surface area contributed by atoms with Gasteiger partial charge in [0.1, 0.15) is 5.82 Å². The minimum atomic E-state index is 0.268. The fourth-order valence-corrected chi connectivity index (χ4v) is 3.10. The van der Waals surface area contributed by atoms with E-state index in [0.29, 0.717) is 5.95 Å². The molecule has 23 heavy (non-hydrogen) atoms. The van der Waals surface area contributed by atoms with Crippen LogP contribution in [0.5, 0.6) is 0 Å². The van der Waals surface area contributed by atoms with Crippen LogP contribution in [0.25, 0.3) is 0 Å². The molecular formula is C17H21BrN4O. The van der Waals surface area contributed by atoms with E-state index < -0.39 is 0 Å². The van der Waals surface area contributed by atoms with E-state index in [0.717, 1.165) is 53.2 Å². The zero-order chi connectivity index (χ0) is 16.2. The van der Waals surface area contributed by atoms with Gasteiger partial charge in [0.25, 0.3) is 0 Å². The molecule has 0 radical (unpaired) electrons. The van der Waals surface area contributed by atoms with Crippen molar-refractivity contribution in [1.29, 1.82) is 0 Å². The summed E-state index contributed by atoms with van der Waals surface area (Å²) in [5.41, 5.74) is 3.12. The van der Waals surface area contributed by atoms with Gasteiger partial charge in [-0.1, -0.05) is 15.9 Å². The van der Waals surface area contributed by atoms with Gasteiger partial charge in [0.2, 0.25) is 5.95 Å². The fourth-order valence-electron chi connectivity index (χ4n) is 2.63. The van der Waals surface area contributed by atoms with Gasteiger partial charge in [0.15, 0.2) is 0 Å². The van der Waals surface area contributed by atoms with E-state index in [1.165, 1.54) is 0 Å². The lowest BCUT2D eigenvalue weighted by Gasteiger charge is -2.13. The number of anilines is 3. The Morgan fingerprint density at radius 3 is 2.87 bits per heavy atom. The first-order valence-corrected chi connectivity index (χ1v) is 8.64. The predicted octanol–water partition coefficient (Wildman–Crippen LogP) is 4.19. The lowest BCUT2D eigenvalue weighted by Crippen LogP contribution is -2.20. The van der Waals surface area contributed by atoms with E-state index in [2.05, 4.69) is 49.5 Å². The maximum atomic E-state index is 5.62. The SMILES string of the molecule is Cc1cc(Nc2ccc(Br)cc2C)nc(NCC2CCCO2)n1. The highest BCUT2D eigenvalue weighted by atomic mass is 79.9. The summed E-state index contributed by atoms with van der Waals surface area (Å²) < 4.78 is 6.69. The summed E-state index contributed by atoms with van der Waals surface area (Å²) in [7, 11) is 0. The van der Waals surface area contributed by atoms with E-state index in [-0.39, 0.29) is 6.10 Å². The van der Waals surface area contributed by atoms with Gasteiger partial charge in [-0.3, -0.25) is 0 Å². The van der Waals surface area contributed by atoms with E-state index in [9.17, 15) is 0 Å². The molecule has 6 heteroatoms. The van der Waals surface area contributed by atoms with Crippen molar-refractivity contribution in [2.45, 2.75) is 32.8 Å². The van der Waals surface area contributed by atoms with E-state index >= 15 is 0 Å². The van der Waals surface area contributed by atoms with E-state index in [1.807, 2.05) is 25.1 Å². The van der Waals surface area contributed by atoms with Gasteiger partial charge in [-0.05, 0) is 50.5 Å². The Hall–Kier alpha value is -1.66. The van der Waals surface area contributed by atoms with Crippen LogP contribution in [-0.2, 0) is 4.74 Å². The van der Waals surface area contributed by atoms with Crippen LogP contribution < -0.4 is 10.6 Å². The van der Waals surface area contributed by atoms with Crippen LogP contribution in [0.2, 0.25) is 0 Å². The maximum absolute atomic E-state index is 5.62. The Bertz CT molecular complexity index is 686. The average Bonchev–Trinajstić information content (AvgIpc) is 3.01. The third kappa shape index (κ3) is 4.42. The third-order valence-corrected chi connectivity index (χ3v) is 4.31. The van der Waals surface area contributed by atoms with Crippen LogP contribution >= 0.6 is 15.9 Å². The zero-order valence-corrected chi connectivity index (χ0v) is 15.0. The van der Waals surface area contributed by atoms with Gasteiger partial charge in [0, 0.05) is 35.1 Å². The molecule has 0 amide bonds. The highest BCUT2D eigenvalue weighted by molar-refractivity contribution is 9.10. The normalized spacial score (nSPS) is 17.3. The monoisotopic (exact) mass is 376 g/mol. The maximum Gasteiger partial charge on any atom is 0.224 e. The Labute approximate surface area is 145 Å². The molecule has 2 aromatic rings. The van der Waals surface area contributed by atoms with Crippen LogP contribution in [0.4, 0.5) is 17.5 Å². The van der Waals surface area contributed by atoms with Crippen LogP contribution in [0, 0.1) is 13.8 Å². The summed E-state index contributed by atoms with van der Waals surface area (Å²) in [5.74, 6) is 1.43. The molecule has 0 saturated carbocycles. The second-order valence-corrected chi connectivity index (χ2v) is 6.73. The number of ether oxygens (including phenoxy) is 1.